The number of amides is 2. The number of urea groups is 1. The fraction of sp³-hybridized carbons (Fsp3) is 0.263. The first-order chi connectivity index (χ1) is 12.0. The SMILES string of the molecule is Cc1ccc(C(C)NC(=O)NC(C)c2ncc(-c3ccccc3)o2)o1. The van der Waals surface area contributed by atoms with Gasteiger partial charge in [0.2, 0.25) is 5.89 Å². The first-order valence-corrected chi connectivity index (χ1v) is 8.17. The fourth-order valence-corrected chi connectivity index (χ4v) is 2.48. The number of benzene rings is 1. The lowest BCUT2D eigenvalue weighted by molar-refractivity contribution is 0.231. The van der Waals surface area contributed by atoms with Gasteiger partial charge in [-0.15, -0.1) is 0 Å². The Morgan fingerprint density at radius 2 is 1.72 bits per heavy atom. The number of furan rings is 1. The lowest BCUT2D eigenvalue weighted by Crippen LogP contribution is -2.38. The monoisotopic (exact) mass is 339 g/mol. The van der Waals surface area contributed by atoms with Crippen molar-refractivity contribution in [1.29, 1.82) is 0 Å². The summed E-state index contributed by atoms with van der Waals surface area (Å²) in [6, 6.07) is 12.5. The van der Waals surface area contributed by atoms with Crippen LogP contribution >= 0.6 is 0 Å². The van der Waals surface area contributed by atoms with Gasteiger partial charge in [0.25, 0.3) is 0 Å². The van der Waals surface area contributed by atoms with Crippen LogP contribution in [0.15, 0.2) is 57.5 Å². The second kappa shape index (κ2) is 7.25. The van der Waals surface area contributed by atoms with E-state index in [1.165, 1.54) is 0 Å². The highest BCUT2D eigenvalue weighted by atomic mass is 16.4. The molecule has 2 unspecified atom stereocenters. The molecule has 6 heteroatoms. The van der Waals surface area contributed by atoms with Gasteiger partial charge in [-0.05, 0) is 32.9 Å². The van der Waals surface area contributed by atoms with Crippen molar-refractivity contribution in [2.24, 2.45) is 0 Å². The van der Waals surface area contributed by atoms with E-state index in [2.05, 4.69) is 15.6 Å². The van der Waals surface area contributed by atoms with Gasteiger partial charge in [0.05, 0.1) is 12.2 Å². The molecule has 130 valence electrons. The maximum absolute atomic E-state index is 12.2. The molecule has 25 heavy (non-hydrogen) atoms. The summed E-state index contributed by atoms with van der Waals surface area (Å²) < 4.78 is 11.3. The summed E-state index contributed by atoms with van der Waals surface area (Å²) in [4.78, 5) is 16.4. The van der Waals surface area contributed by atoms with Crippen LogP contribution in [0.25, 0.3) is 11.3 Å². The zero-order valence-corrected chi connectivity index (χ0v) is 14.4. The summed E-state index contributed by atoms with van der Waals surface area (Å²) in [6.45, 7) is 5.55. The zero-order valence-electron chi connectivity index (χ0n) is 14.4. The highest BCUT2D eigenvalue weighted by Gasteiger charge is 2.18. The van der Waals surface area contributed by atoms with E-state index in [-0.39, 0.29) is 18.1 Å². The van der Waals surface area contributed by atoms with Crippen LogP contribution in [0.1, 0.15) is 43.3 Å². The normalized spacial score (nSPS) is 13.2. The van der Waals surface area contributed by atoms with Gasteiger partial charge in [-0.2, -0.15) is 0 Å². The van der Waals surface area contributed by atoms with Crippen molar-refractivity contribution in [2.45, 2.75) is 32.9 Å². The molecule has 0 fully saturated rings. The molecule has 2 N–H and O–H groups in total. The molecule has 1 aromatic carbocycles. The molecule has 2 atom stereocenters. The van der Waals surface area contributed by atoms with Gasteiger partial charge < -0.3 is 19.5 Å². The molecule has 0 bridgehead atoms. The minimum absolute atomic E-state index is 0.231. The van der Waals surface area contributed by atoms with Gasteiger partial charge in [-0.3, -0.25) is 0 Å². The van der Waals surface area contributed by atoms with Gasteiger partial charge in [0.15, 0.2) is 5.76 Å². The Hall–Kier alpha value is -3.02. The Kier molecular flexibility index (Phi) is 4.88. The average Bonchev–Trinajstić information content (AvgIpc) is 3.24. The summed E-state index contributed by atoms with van der Waals surface area (Å²) >= 11 is 0. The minimum atomic E-state index is -0.358. The van der Waals surface area contributed by atoms with Crippen LogP contribution < -0.4 is 10.6 Å². The smallest absolute Gasteiger partial charge is 0.316 e. The molecule has 3 rings (SSSR count). The molecule has 0 radical (unpaired) electrons. The van der Waals surface area contributed by atoms with Crippen LogP contribution in [0.5, 0.6) is 0 Å². The van der Waals surface area contributed by atoms with Gasteiger partial charge in [0, 0.05) is 5.56 Å². The largest absolute Gasteiger partial charge is 0.464 e. The van der Waals surface area contributed by atoms with E-state index in [1.54, 1.807) is 6.20 Å². The summed E-state index contributed by atoms with van der Waals surface area (Å²) in [5, 5.41) is 5.66. The molecule has 3 aromatic rings. The molecule has 2 heterocycles. The second-order valence-electron chi connectivity index (χ2n) is 5.94. The van der Waals surface area contributed by atoms with E-state index >= 15 is 0 Å². The average molecular weight is 339 g/mol. The number of nitrogens with zero attached hydrogens (tertiary/aromatic N) is 1. The molecule has 0 spiro atoms. The van der Waals surface area contributed by atoms with Gasteiger partial charge in [-0.1, -0.05) is 30.3 Å². The number of hydrogen-bond acceptors (Lipinski definition) is 4. The Bertz CT molecular complexity index is 838. The summed E-state index contributed by atoms with van der Waals surface area (Å²) in [6.07, 6.45) is 1.66. The number of nitrogens with one attached hydrogen (secondary N) is 2. The van der Waals surface area contributed by atoms with Crippen molar-refractivity contribution in [3.63, 3.8) is 0 Å². The molecule has 2 aromatic heterocycles. The topological polar surface area (TPSA) is 80.3 Å². The molecule has 6 nitrogen and oxygen atoms in total. The quantitative estimate of drug-likeness (QED) is 0.723. The van der Waals surface area contributed by atoms with E-state index in [9.17, 15) is 4.79 Å². The van der Waals surface area contributed by atoms with Gasteiger partial charge in [-0.25, -0.2) is 9.78 Å². The first kappa shape index (κ1) is 16.8. The molecule has 0 aliphatic heterocycles. The summed E-state index contributed by atoms with van der Waals surface area (Å²) in [5.74, 6) is 2.65. The maximum atomic E-state index is 12.2. The van der Waals surface area contributed by atoms with Crippen molar-refractivity contribution in [1.82, 2.24) is 15.6 Å². The third-order valence-electron chi connectivity index (χ3n) is 3.84. The number of hydrogen-bond donors (Lipinski definition) is 2. The number of oxazole rings is 1. The predicted molar refractivity (Wildman–Crippen MR) is 93.9 cm³/mol. The third-order valence-corrected chi connectivity index (χ3v) is 3.84. The standard InChI is InChI=1S/C19H21N3O3/c1-12-9-10-16(24-12)13(2)21-19(23)22-14(3)18-20-11-17(25-18)15-7-5-4-6-8-15/h4-11,13-14H,1-3H3,(H2,21,22,23). The number of carbonyl (C=O) groups is 1. The molecule has 0 saturated heterocycles. The van der Waals surface area contributed by atoms with Crippen LogP contribution in [0, 0.1) is 6.92 Å². The van der Waals surface area contributed by atoms with E-state index in [0.717, 1.165) is 11.3 Å². The molecule has 0 aliphatic carbocycles. The number of rotatable bonds is 5. The van der Waals surface area contributed by atoms with E-state index < -0.39 is 0 Å². The fourth-order valence-electron chi connectivity index (χ4n) is 2.48. The first-order valence-electron chi connectivity index (χ1n) is 8.17. The van der Waals surface area contributed by atoms with Crippen molar-refractivity contribution >= 4 is 6.03 Å². The summed E-state index contributed by atoms with van der Waals surface area (Å²) in [5.41, 5.74) is 0.944. The van der Waals surface area contributed by atoms with E-state index in [1.807, 2.05) is 63.2 Å². The van der Waals surface area contributed by atoms with Crippen LogP contribution in [-0.2, 0) is 0 Å². The van der Waals surface area contributed by atoms with E-state index in [4.69, 9.17) is 8.83 Å². The van der Waals surface area contributed by atoms with Crippen molar-refractivity contribution in [3.8, 4) is 11.3 Å². The van der Waals surface area contributed by atoms with Crippen LogP contribution in [0.3, 0.4) is 0 Å². The molecule has 0 aliphatic rings. The summed E-state index contributed by atoms with van der Waals surface area (Å²) in [7, 11) is 0. The lowest BCUT2D eigenvalue weighted by atomic mass is 10.2. The van der Waals surface area contributed by atoms with Crippen LogP contribution in [-0.4, -0.2) is 11.0 Å². The molecule has 0 saturated carbocycles. The second-order valence-corrected chi connectivity index (χ2v) is 5.94. The highest BCUT2D eigenvalue weighted by molar-refractivity contribution is 5.74. The maximum Gasteiger partial charge on any atom is 0.316 e. The van der Waals surface area contributed by atoms with Crippen LogP contribution in [0.4, 0.5) is 4.79 Å². The highest BCUT2D eigenvalue weighted by Crippen LogP contribution is 2.22. The zero-order chi connectivity index (χ0) is 17.8. The Balaban J connectivity index is 1.59. The van der Waals surface area contributed by atoms with Crippen molar-refractivity contribution < 1.29 is 13.6 Å². The van der Waals surface area contributed by atoms with Crippen LogP contribution in [0.2, 0.25) is 0 Å². The van der Waals surface area contributed by atoms with E-state index in [0.29, 0.717) is 17.4 Å². The molecular weight excluding hydrogens is 318 g/mol. The molecular formula is C19H21N3O3. The number of aromatic nitrogens is 1. The Morgan fingerprint density at radius 3 is 2.40 bits per heavy atom. The molecule has 2 amide bonds. The van der Waals surface area contributed by atoms with Crippen molar-refractivity contribution in [3.05, 3.63) is 66.1 Å². The third kappa shape index (κ3) is 4.09. The lowest BCUT2D eigenvalue weighted by Gasteiger charge is -2.15. The van der Waals surface area contributed by atoms with Gasteiger partial charge in [0.1, 0.15) is 17.6 Å². The van der Waals surface area contributed by atoms with Gasteiger partial charge >= 0.3 is 6.03 Å². The Morgan fingerprint density at radius 1 is 1.00 bits per heavy atom. The predicted octanol–water partition coefficient (Wildman–Crippen LogP) is 4.36. The number of aryl methyl sites for hydroxylation is 1. The number of carbonyl (C=O) groups excluding carboxylic acids is 1. The van der Waals surface area contributed by atoms with Crippen molar-refractivity contribution in [2.75, 3.05) is 0 Å². The Labute approximate surface area is 146 Å². The minimum Gasteiger partial charge on any atom is -0.464 e.